The fourth-order valence-electron chi connectivity index (χ4n) is 4.02. The Morgan fingerprint density at radius 2 is 1.83 bits per heavy atom. The molecule has 0 aliphatic carbocycles. The van der Waals surface area contributed by atoms with E-state index in [-0.39, 0.29) is 22.8 Å². The summed E-state index contributed by atoms with van der Waals surface area (Å²) in [5, 5.41) is 25.0. The fraction of sp³-hybridized carbons (Fsp3) is 0.360. The molecule has 192 valence electrons. The van der Waals surface area contributed by atoms with Crippen LogP contribution in [0.5, 0.6) is 0 Å². The molecule has 0 fully saturated rings. The van der Waals surface area contributed by atoms with Crippen molar-refractivity contribution < 1.29 is 19.8 Å². The number of carbonyl (C=O) groups excluding carboxylic acids is 1. The van der Waals surface area contributed by atoms with Gasteiger partial charge in [-0.15, -0.1) is 0 Å². The molecule has 3 rings (SSSR count). The van der Waals surface area contributed by atoms with E-state index in [1.54, 1.807) is 77.1 Å². The molecule has 0 bridgehead atoms. The van der Waals surface area contributed by atoms with Crippen molar-refractivity contribution in [2.24, 2.45) is 0 Å². The number of fused-ring (bicyclic) bond motifs is 1. The number of rotatable bonds is 6. The molecule has 0 spiro atoms. The van der Waals surface area contributed by atoms with Crippen molar-refractivity contribution in [2.45, 2.75) is 52.3 Å². The molecule has 10 nitrogen and oxygen atoms in total. The van der Waals surface area contributed by atoms with Crippen LogP contribution >= 0.6 is 11.6 Å². The average molecular weight is 516 g/mol. The normalized spacial score (nSPS) is 13.2. The Hall–Kier alpha value is -3.63. The summed E-state index contributed by atoms with van der Waals surface area (Å²) < 4.78 is 1.32. The monoisotopic (exact) mass is 515 g/mol. The predicted octanol–water partition coefficient (Wildman–Crippen LogP) is 4.38. The number of urea groups is 1. The Bertz CT molecular complexity index is 1350. The zero-order chi connectivity index (χ0) is 26.8. The van der Waals surface area contributed by atoms with Crippen molar-refractivity contribution in [3.63, 3.8) is 0 Å². The third-order valence-corrected chi connectivity index (χ3v) is 5.80. The van der Waals surface area contributed by atoms with Crippen molar-refractivity contribution >= 4 is 40.3 Å². The summed E-state index contributed by atoms with van der Waals surface area (Å²) in [6, 6.07) is 10.1. The summed E-state index contributed by atoms with van der Waals surface area (Å²) >= 11 is 6.36. The van der Waals surface area contributed by atoms with E-state index in [2.05, 4.69) is 15.6 Å². The second-order valence-electron chi connectivity index (χ2n) is 9.48. The molecule has 1 aromatic heterocycles. The van der Waals surface area contributed by atoms with Gasteiger partial charge in [0.25, 0.3) is 5.56 Å². The van der Waals surface area contributed by atoms with Gasteiger partial charge >= 0.3 is 12.1 Å². The zero-order valence-electron chi connectivity index (χ0n) is 20.7. The zero-order valence-corrected chi connectivity index (χ0v) is 21.5. The van der Waals surface area contributed by atoms with E-state index < -0.39 is 35.4 Å². The van der Waals surface area contributed by atoms with Gasteiger partial charge < -0.3 is 20.8 Å². The summed E-state index contributed by atoms with van der Waals surface area (Å²) in [4.78, 5) is 44.1. The number of carboxylic acid groups (broad SMARTS) is 1. The Kier molecular flexibility index (Phi) is 7.90. The lowest BCUT2D eigenvalue weighted by Crippen LogP contribution is -2.47. The van der Waals surface area contributed by atoms with E-state index >= 15 is 0 Å². The van der Waals surface area contributed by atoms with Gasteiger partial charge in [0.15, 0.2) is 0 Å². The molecule has 0 saturated heterocycles. The molecule has 1 heterocycles. The number of aliphatic hydroxyl groups is 1. The number of aliphatic hydroxyl groups excluding tert-OH is 1. The summed E-state index contributed by atoms with van der Waals surface area (Å²) in [6.45, 7) is 8.56. The minimum atomic E-state index is -1.16. The highest BCUT2D eigenvalue weighted by atomic mass is 35.5. The molecule has 4 N–H and O–H groups in total. The third kappa shape index (κ3) is 5.77. The van der Waals surface area contributed by atoms with E-state index in [9.17, 15) is 24.6 Å². The molecule has 0 radical (unpaired) electrons. The van der Waals surface area contributed by atoms with E-state index in [4.69, 9.17) is 11.6 Å². The van der Waals surface area contributed by atoms with Crippen molar-refractivity contribution in [3.8, 4) is 5.69 Å². The first-order valence-electron chi connectivity index (χ1n) is 11.4. The highest BCUT2D eigenvalue weighted by Crippen LogP contribution is 2.30. The molecular weight excluding hydrogens is 486 g/mol. The van der Waals surface area contributed by atoms with Crippen LogP contribution in [0.15, 0.2) is 47.3 Å². The Morgan fingerprint density at radius 1 is 1.17 bits per heavy atom. The van der Waals surface area contributed by atoms with Gasteiger partial charge in [-0.25, -0.2) is 14.6 Å². The summed E-state index contributed by atoms with van der Waals surface area (Å²) in [5.41, 5.74) is -0.170. The lowest BCUT2D eigenvalue weighted by atomic mass is 10.0. The first kappa shape index (κ1) is 27.0. The summed E-state index contributed by atoms with van der Waals surface area (Å²) in [6.07, 6.45) is -1.87. The van der Waals surface area contributed by atoms with Gasteiger partial charge in [-0.2, -0.15) is 0 Å². The number of nitrogens with zero attached hydrogens (tertiary/aromatic N) is 3. The first-order chi connectivity index (χ1) is 16.8. The van der Waals surface area contributed by atoms with E-state index in [1.807, 2.05) is 0 Å². The maximum absolute atomic E-state index is 13.8. The van der Waals surface area contributed by atoms with Crippen LogP contribution in [0.4, 0.5) is 15.3 Å². The standard InChI is InChI=1S/C25H30ClN5O5/c1-14(32)13-27-23(34)28-16-8-6-9-17(12-16)30-21(15(2)31(24(35)36)25(3,4)5)29-19-11-7-10-18(26)20(19)22(30)33/h6-12,14-15,32H,13H2,1-5H3,(H,35,36)(H2,27,28,34)/t14?,15-/m0/s1. The minimum Gasteiger partial charge on any atom is -0.465 e. The molecular formula is C25H30ClN5O5. The van der Waals surface area contributed by atoms with Crippen molar-refractivity contribution in [1.29, 1.82) is 0 Å². The number of hydrogen-bond donors (Lipinski definition) is 4. The molecule has 3 aromatic rings. The molecule has 11 heteroatoms. The number of carbonyl (C=O) groups is 2. The molecule has 1 unspecified atom stereocenters. The van der Waals surface area contributed by atoms with E-state index in [0.29, 0.717) is 16.9 Å². The topological polar surface area (TPSA) is 137 Å². The molecule has 2 aromatic carbocycles. The van der Waals surface area contributed by atoms with Gasteiger partial charge in [0.1, 0.15) is 5.82 Å². The highest BCUT2D eigenvalue weighted by Gasteiger charge is 2.34. The lowest BCUT2D eigenvalue weighted by molar-refractivity contribution is 0.0719. The molecule has 3 amide bonds. The second kappa shape index (κ2) is 10.5. The van der Waals surface area contributed by atoms with Crippen LogP contribution in [-0.4, -0.2) is 55.0 Å². The molecule has 0 aliphatic heterocycles. The number of halogens is 1. The van der Waals surface area contributed by atoms with Gasteiger partial charge in [0.2, 0.25) is 0 Å². The molecule has 0 aliphatic rings. The van der Waals surface area contributed by atoms with Crippen LogP contribution in [-0.2, 0) is 0 Å². The molecule has 0 saturated carbocycles. The minimum absolute atomic E-state index is 0.0670. The van der Waals surface area contributed by atoms with Crippen LogP contribution < -0.4 is 16.2 Å². The van der Waals surface area contributed by atoms with Crippen molar-refractivity contribution in [1.82, 2.24) is 19.8 Å². The maximum Gasteiger partial charge on any atom is 0.408 e. The average Bonchev–Trinajstić information content (AvgIpc) is 2.76. The maximum atomic E-state index is 13.8. The van der Waals surface area contributed by atoms with Gasteiger partial charge in [-0.3, -0.25) is 14.3 Å². The number of amides is 3. The second-order valence-corrected chi connectivity index (χ2v) is 9.89. The molecule has 36 heavy (non-hydrogen) atoms. The summed E-state index contributed by atoms with van der Waals surface area (Å²) in [7, 11) is 0. The van der Waals surface area contributed by atoms with Gasteiger partial charge in [-0.05, 0) is 65.0 Å². The first-order valence-corrected chi connectivity index (χ1v) is 11.8. The third-order valence-electron chi connectivity index (χ3n) is 5.48. The number of aromatic nitrogens is 2. The van der Waals surface area contributed by atoms with E-state index in [1.165, 1.54) is 9.47 Å². The van der Waals surface area contributed by atoms with Crippen molar-refractivity contribution in [2.75, 3.05) is 11.9 Å². The number of hydrogen-bond acceptors (Lipinski definition) is 5. The Morgan fingerprint density at radius 3 is 2.44 bits per heavy atom. The smallest absolute Gasteiger partial charge is 0.408 e. The van der Waals surface area contributed by atoms with E-state index in [0.717, 1.165) is 0 Å². The van der Waals surface area contributed by atoms with Crippen LogP contribution in [0, 0.1) is 0 Å². The lowest BCUT2D eigenvalue weighted by Gasteiger charge is -2.38. The van der Waals surface area contributed by atoms with Gasteiger partial charge in [-0.1, -0.05) is 23.7 Å². The van der Waals surface area contributed by atoms with Crippen LogP contribution in [0.1, 0.15) is 46.5 Å². The van der Waals surface area contributed by atoms with Gasteiger partial charge in [0, 0.05) is 17.8 Å². The van der Waals surface area contributed by atoms with Crippen molar-refractivity contribution in [3.05, 3.63) is 63.7 Å². The number of benzene rings is 2. The Balaban J connectivity index is 2.21. The largest absolute Gasteiger partial charge is 0.465 e. The molecule has 2 atom stereocenters. The fourth-order valence-corrected chi connectivity index (χ4v) is 4.27. The van der Waals surface area contributed by atoms with Crippen LogP contribution in [0.25, 0.3) is 16.6 Å². The number of nitrogens with one attached hydrogen (secondary N) is 2. The predicted molar refractivity (Wildman–Crippen MR) is 139 cm³/mol. The Labute approximate surface area is 213 Å². The number of anilines is 1. The highest BCUT2D eigenvalue weighted by molar-refractivity contribution is 6.35. The SMILES string of the molecule is CC(O)CNC(=O)Nc1cccc(-n2c([C@H](C)N(C(=O)O)C(C)(C)C)nc3cccc(Cl)c3c2=O)c1. The van der Waals surface area contributed by atoms with Crippen LogP contribution in [0.3, 0.4) is 0 Å². The quantitative estimate of drug-likeness (QED) is 0.384. The summed E-state index contributed by atoms with van der Waals surface area (Å²) in [5.74, 6) is 0.197. The van der Waals surface area contributed by atoms with Crippen LogP contribution in [0.2, 0.25) is 5.02 Å². The van der Waals surface area contributed by atoms with Gasteiger partial charge in [0.05, 0.1) is 33.8 Å².